The molecule has 218 valence electrons. The summed E-state index contributed by atoms with van der Waals surface area (Å²) in [5, 5.41) is 0. The summed E-state index contributed by atoms with van der Waals surface area (Å²) in [6.45, 7) is 22.1. The van der Waals surface area contributed by atoms with Crippen LogP contribution in [-0.2, 0) is 65.4 Å². The van der Waals surface area contributed by atoms with Crippen molar-refractivity contribution in [3.63, 3.8) is 0 Å². The molecule has 0 nitrogen and oxygen atoms in total. The third-order valence-corrected chi connectivity index (χ3v) is 2.88. The van der Waals surface area contributed by atoms with E-state index in [4.69, 9.17) is 0 Å². The molecule has 0 bridgehead atoms. The van der Waals surface area contributed by atoms with Gasteiger partial charge in [-0.25, -0.2) is 0 Å². The van der Waals surface area contributed by atoms with E-state index in [1.54, 1.807) is 0 Å². The Labute approximate surface area is 298 Å². The summed E-state index contributed by atoms with van der Waals surface area (Å²) in [6.07, 6.45) is 0. The fourth-order valence-corrected chi connectivity index (χ4v) is 1.65. The first-order valence-corrected chi connectivity index (χ1v) is 13.3. The molecule has 0 aromatic heterocycles. The van der Waals surface area contributed by atoms with E-state index in [1.807, 2.05) is 191 Å². The molecule has 0 spiro atoms. The van der Waals surface area contributed by atoms with Crippen molar-refractivity contribution in [2.24, 2.45) is 0 Å². The van der Waals surface area contributed by atoms with Gasteiger partial charge in [-0.05, 0) is 6.92 Å². The molecule has 39 heavy (non-hydrogen) atoms. The first kappa shape index (κ1) is 61.9. The topological polar surface area (TPSA) is 0 Å². The van der Waals surface area contributed by atoms with Crippen molar-refractivity contribution >= 4 is 0 Å². The Morgan fingerprint density at radius 1 is 0.359 bits per heavy atom. The molecule has 0 heterocycles. The Balaban J connectivity index is -0.0000000385. The van der Waals surface area contributed by atoms with Gasteiger partial charge in [-0.1, -0.05) is 185 Å². The monoisotopic (exact) mass is 684 g/mol. The molecule has 4 aromatic carbocycles. The van der Waals surface area contributed by atoms with Crippen molar-refractivity contribution in [1.82, 2.24) is 0 Å². The molecule has 0 saturated heterocycles. The summed E-state index contributed by atoms with van der Waals surface area (Å²) in [4.78, 5) is 0. The quantitative estimate of drug-likeness (QED) is 0.162. The molecule has 0 N–H and O–H groups in total. The maximum Gasteiger partial charge on any atom is 0 e. The minimum atomic E-state index is 0. The molecule has 2 heteroatoms. The zero-order valence-electron chi connectivity index (χ0n) is 26.9. The van der Waals surface area contributed by atoms with Gasteiger partial charge in [-0.15, -0.1) is 0 Å². The Hall–Kier alpha value is -0.912. The van der Waals surface area contributed by atoms with Crippen LogP contribution in [-0.4, -0.2) is 0 Å². The van der Waals surface area contributed by atoms with Gasteiger partial charge < -0.3 is 7.43 Å². The maximum absolute atomic E-state index is 2.89. The third kappa shape index (κ3) is 72.5. The molecule has 0 fully saturated rings. The van der Waals surface area contributed by atoms with Gasteiger partial charge in [0, 0.05) is 65.4 Å². The molecular formula is C37H62Y2-2. The number of hydrogen-bond donors (Lipinski definition) is 0. The molecule has 0 saturated carbocycles. The molecule has 0 amide bonds. The Morgan fingerprint density at radius 2 is 0.538 bits per heavy atom. The molecular weight excluding hydrogens is 622 g/mol. The maximum atomic E-state index is 2.89. The summed E-state index contributed by atoms with van der Waals surface area (Å²) in [5.41, 5.74) is 1.32. The molecule has 4 rings (SSSR count). The zero-order chi connectivity index (χ0) is 27.8. The van der Waals surface area contributed by atoms with Crippen molar-refractivity contribution < 1.29 is 65.4 Å². The van der Waals surface area contributed by atoms with Gasteiger partial charge in [-0.2, -0.15) is 36.4 Å². The van der Waals surface area contributed by atoms with E-state index in [-0.39, 0.29) is 80.3 Å². The second-order valence-electron chi connectivity index (χ2n) is 5.04. The number of hydrogen-bond acceptors (Lipinski definition) is 0. The van der Waals surface area contributed by atoms with Crippen molar-refractivity contribution in [3.05, 3.63) is 153 Å². The summed E-state index contributed by atoms with van der Waals surface area (Å²) in [5.74, 6) is 0. The van der Waals surface area contributed by atoms with Gasteiger partial charge in [0.05, 0.1) is 0 Å². The largest absolute Gasteiger partial charge is 0.358 e. The molecule has 4 aromatic rings. The molecule has 0 aliphatic rings. The van der Waals surface area contributed by atoms with E-state index >= 15 is 0 Å². The van der Waals surface area contributed by atoms with Crippen LogP contribution < -0.4 is 0 Å². The smallest absolute Gasteiger partial charge is 0 e. The van der Waals surface area contributed by atoms with E-state index < -0.39 is 0 Å². The second kappa shape index (κ2) is 76.7. The van der Waals surface area contributed by atoms with Gasteiger partial charge >= 0.3 is 0 Å². The van der Waals surface area contributed by atoms with Crippen LogP contribution >= 0.6 is 0 Å². The fraction of sp³-hybridized carbons (Fsp3) is 0.324. The van der Waals surface area contributed by atoms with Crippen LogP contribution in [0.1, 0.15) is 82.2 Å². The van der Waals surface area contributed by atoms with E-state index in [1.165, 1.54) is 5.56 Å². The van der Waals surface area contributed by atoms with Crippen LogP contribution in [0.25, 0.3) is 0 Å². The first-order chi connectivity index (χ1) is 17.4. The van der Waals surface area contributed by atoms with E-state index in [2.05, 4.69) is 25.1 Å². The van der Waals surface area contributed by atoms with Crippen molar-refractivity contribution in [1.29, 1.82) is 0 Å². The molecule has 0 aliphatic heterocycles. The van der Waals surface area contributed by atoms with Crippen LogP contribution in [0.4, 0.5) is 0 Å². The fourth-order valence-electron chi connectivity index (χ4n) is 1.65. The summed E-state index contributed by atoms with van der Waals surface area (Å²) in [6, 6.07) is 46.8. The van der Waals surface area contributed by atoms with Gasteiger partial charge in [0.15, 0.2) is 0 Å². The van der Waals surface area contributed by atoms with Crippen molar-refractivity contribution in [3.8, 4) is 0 Å². The average Bonchev–Trinajstić information content (AvgIpc) is 3.02. The van der Waals surface area contributed by atoms with Gasteiger partial charge in [0.25, 0.3) is 0 Å². The zero-order valence-corrected chi connectivity index (χ0v) is 32.5. The summed E-state index contributed by atoms with van der Waals surface area (Å²) in [7, 11) is 0. The third-order valence-electron chi connectivity index (χ3n) is 2.88. The average molecular weight is 685 g/mol. The number of aryl methyl sites for hydroxylation is 1. The number of benzene rings is 4. The van der Waals surface area contributed by atoms with Crippen LogP contribution in [0, 0.1) is 20.4 Å². The van der Waals surface area contributed by atoms with E-state index in [0.29, 0.717) is 0 Å². The van der Waals surface area contributed by atoms with Crippen molar-refractivity contribution in [2.75, 3.05) is 0 Å². The van der Waals surface area contributed by atoms with E-state index in [9.17, 15) is 0 Å². The predicted octanol–water partition coefficient (Wildman–Crippen LogP) is 13.1. The molecule has 2 radical (unpaired) electrons. The minimum Gasteiger partial charge on any atom is -0.358 e. The molecule has 0 atom stereocenters. The van der Waals surface area contributed by atoms with Gasteiger partial charge in [0.2, 0.25) is 0 Å². The van der Waals surface area contributed by atoms with Crippen molar-refractivity contribution in [2.45, 2.75) is 83.6 Å². The standard InChI is InChI=1S/C7H8.2C6H6.C6H5.5C2H6.CH4.CH3.2Y/c1-7-5-3-2-4-6-7;3*1-2-4-6-5-3-1;5*1-2;;;;/h2-6H,1H3;2*1-6H;1-5H;5*1-2H3;1H4;1H3;;/q;;;-1;;;;;;;-1;;. The normalized spacial score (nSPS) is 6.03. The van der Waals surface area contributed by atoms with Gasteiger partial charge in [-0.3, -0.25) is 0 Å². The molecule has 0 aliphatic carbocycles. The predicted molar refractivity (Wildman–Crippen MR) is 179 cm³/mol. The van der Waals surface area contributed by atoms with Crippen LogP contribution in [0.2, 0.25) is 0 Å². The Bertz CT molecular complexity index is 546. The molecule has 0 unspecified atom stereocenters. The Kier molecular flexibility index (Phi) is 122. The van der Waals surface area contributed by atoms with Crippen LogP contribution in [0.3, 0.4) is 0 Å². The van der Waals surface area contributed by atoms with E-state index in [0.717, 1.165) is 0 Å². The minimum absolute atomic E-state index is 0. The Morgan fingerprint density at radius 3 is 0.641 bits per heavy atom. The summed E-state index contributed by atoms with van der Waals surface area (Å²) >= 11 is 0. The van der Waals surface area contributed by atoms with Crippen LogP contribution in [0.15, 0.2) is 133 Å². The van der Waals surface area contributed by atoms with Gasteiger partial charge in [0.1, 0.15) is 0 Å². The van der Waals surface area contributed by atoms with Crippen LogP contribution in [0.5, 0.6) is 0 Å². The summed E-state index contributed by atoms with van der Waals surface area (Å²) < 4.78 is 0. The first-order valence-electron chi connectivity index (χ1n) is 13.3. The SMILES string of the molecule is C.CC.CC.CC.CC.CC.Cc1ccccc1.[CH3-].[Y].[Y].[c-]1ccccc1.c1ccccc1.c1ccccc1. The number of rotatable bonds is 0. The second-order valence-corrected chi connectivity index (χ2v) is 5.04.